The first kappa shape index (κ1) is 27.4. The number of nitrogens with zero attached hydrogens (tertiary/aromatic N) is 3. The molecule has 206 valence electrons. The molecule has 5 aromatic rings. The number of hydrogen-bond donors (Lipinski definition) is 0. The minimum Gasteiger partial charge on any atom is -0.462 e. The highest BCUT2D eigenvalue weighted by Crippen LogP contribution is 2.37. The van der Waals surface area contributed by atoms with Gasteiger partial charge in [-0.2, -0.15) is 5.26 Å². The Hall–Kier alpha value is -5.14. The summed E-state index contributed by atoms with van der Waals surface area (Å²) in [5.74, 6) is -0.808. The lowest BCUT2D eigenvalue weighted by molar-refractivity contribution is -0.136. The Morgan fingerprint density at radius 1 is 0.780 bits per heavy atom. The highest BCUT2D eigenvalue weighted by Gasteiger charge is 2.29. The molecule has 0 aliphatic rings. The number of nitriles is 1. The second-order valence-corrected chi connectivity index (χ2v) is 10.7. The zero-order valence-corrected chi connectivity index (χ0v) is 23.1. The van der Waals surface area contributed by atoms with Crippen LogP contribution in [0, 0.1) is 11.3 Å². The van der Waals surface area contributed by atoms with Crippen molar-refractivity contribution in [1.82, 2.24) is 8.54 Å². The molecule has 0 unspecified atom stereocenters. The SMILES string of the molecule is CCOC(=O)/C(=C(\C#N)c1cn(C(=O)OCC)c2ccccc12)c1cn(S(=O)(=O)c2ccccc2)c2ccccc12. The number of aromatic nitrogens is 2. The van der Waals surface area contributed by atoms with E-state index in [9.17, 15) is 23.3 Å². The van der Waals surface area contributed by atoms with Gasteiger partial charge in [0, 0.05) is 34.3 Å². The summed E-state index contributed by atoms with van der Waals surface area (Å²) in [4.78, 5) is 26.4. The normalized spacial score (nSPS) is 12.1. The molecule has 2 aromatic heterocycles. The third kappa shape index (κ3) is 4.77. The minimum absolute atomic E-state index is 0.0204. The second kappa shape index (κ2) is 11.2. The fourth-order valence-corrected chi connectivity index (χ4v) is 6.17. The molecule has 3 aromatic carbocycles. The summed E-state index contributed by atoms with van der Waals surface area (Å²) in [7, 11) is -4.07. The van der Waals surface area contributed by atoms with Crippen molar-refractivity contribution in [3.63, 3.8) is 0 Å². The molecule has 0 saturated heterocycles. The molecule has 0 bridgehead atoms. The highest BCUT2D eigenvalue weighted by molar-refractivity contribution is 7.90. The monoisotopic (exact) mass is 567 g/mol. The summed E-state index contributed by atoms with van der Waals surface area (Å²) >= 11 is 0. The van der Waals surface area contributed by atoms with Crippen molar-refractivity contribution in [3.8, 4) is 6.07 Å². The number of ether oxygens (including phenoxy) is 2. The quantitative estimate of drug-likeness (QED) is 0.138. The molecule has 0 aliphatic heterocycles. The predicted octanol–water partition coefficient (Wildman–Crippen LogP) is 5.84. The maximum Gasteiger partial charge on any atom is 0.418 e. The van der Waals surface area contributed by atoms with Gasteiger partial charge in [-0.3, -0.25) is 4.57 Å². The zero-order valence-electron chi connectivity index (χ0n) is 22.3. The van der Waals surface area contributed by atoms with Gasteiger partial charge in [-0.15, -0.1) is 0 Å². The molecular formula is C31H25N3O6S. The van der Waals surface area contributed by atoms with Gasteiger partial charge in [0.1, 0.15) is 6.07 Å². The van der Waals surface area contributed by atoms with Gasteiger partial charge in [-0.25, -0.2) is 22.0 Å². The molecule has 9 nitrogen and oxygen atoms in total. The largest absolute Gasteiger partial charge is 0.462 e. The molecule has 10 heteroatoms. The lowest BCUT2D eigenvalue weighted by Crippen LogP contribution is -2.12. The van der Waals surface area contributed by atoms with Crippen molar-refractivity contribution in [2.45, 2.75) is 18.7 Å². The van der Waals surface area contributed by atoms with Crippen LogP contribution >= 0.6 is 0 Å². The van der Waals surface area contributed by atoms with Crippen LogP contribution in [0.15, 0.2) is 96.2 Å². The van der Waals surface area contributed by atoms with Gasteiger partial charge < -0.3 is 9.47 Å². The molecule has 0 spiro atoms. The summed E-state index contributed by atoms with van der Waals surface area (Å²) in [6.07, 6.45) is 2.14. The van der Waals surface area contributed by atoms with Crippen LogP contribution in [0.4, 0.5) is 4.79 Å². The van der Waals surface area contributed by atoms with Crippen LogP contribution in [0.25, 0.3) is 33.0 Å². The van der Waals surface area contributed by atoms with Gasteiger partial charge in [0.25, 0.3) is 10.0 Å². The number of esters is 1. The topological polar surface area (TPSA) is 120 Å². The van der Waals surface area contributed by atoms with E-state index < -0.39 is 22.1 Å². The van der Waals surface area contributed by atoms with Gasteiger partial charge in [0.2, 0.25) is 0 Å². The first-order valence-electron chi connectivity index (χ1n) is 12.8. The maximum absolute atomic E-state index is 13.7. The van der Waals surface area contributed by atoms with E-state index in [1.807, 2.05) is 0 Å². The molecule has 0 fully saturated rings. The summed E-state index contributed by atoms with van der Waals surface area (Å²) in [5, 5.41) is 11.4. The molecule has 0 aliphatic carbocycles. The van der Waals surface area contributed by atoms with Crippen molar-refractivity contribution in [2.24, 2.45) is 0 Å². The number of carbonyl (C=O) groups is 2. The summed E-state index contributed by atoms with van der Waals surface area (Å²) in [5.41, 5.74) is 1.08. The third-order valence-corrected chi connectivity index (χ3v) is 8.22. The van der Waals surface area contributed by atoms with Gasteiger partial charge in [-0.05, 0) is 38.1 Å². The molecule has 0 amide bonds. The van der Waals surface area contributed by atoms with E-state index in [-0.39, 0.29) is 34.8 Å². The van der Waals surface area contributed by atoms with E-state index in [0.29, 0.717) is 27.4 Å². The van der Waals surface area contributed by atoms with Crippen LogP contribution in [-0.4, -0.2) is 42.2 Å². The number of rotatable bonds is 7. The molecular weight excluding hydrogens is 542 g/mol. The second-order valence-electron chi connectivity index (χ2n) is 8.88. The Bertz CT molecular complexity index is 1980. The molecule has 5 rings (SSSR count). The average Bonchev–Trinajstić information content (AvgIpc) is 3.56. The van der Waals surface area contributed by atoms with Crippen LogP contribution in [0.5, 0.6) is 0 Å². The van der Waals surface area contributed by atoms with E-state index in [0.717, 1.165) is 3.97 Å². The molecule has 0 N–H and O–H groups in total. The zero-order chi connectivity index (χ0) is 29.1. The predicted molar refractivity (Wildman–Crippen MR) is 154 cm³/mol. The van der Waals surface area contributed by atoms with Gasteiger partial charge in [0.05, 0.1) is 40.3 Å². The van der Waals surface area contributed by atoms with Gasteiger partial charge >= 0.3 is 12.1 Å². The van der Waals surface area contributed by atoms with Gasteiger partial charge in [-0.1, -0.05) is 54.6 Å². The standard InChI is InChI=1S/C31H25N3O6S/c1-3-39-30(35)29(24(18-32)25-19-33(31(36)40-4-2)27-16-10-8-14-22(25)27)26-20-34(28-17-11-9-15-23(26)28)41(37,38)21-12-6-5-7-13-21/h5-17,19-20H,3-4H2,1-2H3/b29-24+. The first-order valence-corrected chi connectivity index (χ1v) is 14.3. The lowest BCUT2D eigenvalue weighted by Gasteiger charge is -2.10. The van der Waals surface area contributed by atoms with Crippen LogP contribution < -0.4 is 0 Å². The molecule has 0 saturated carbocycles. The number of benzene rings is 3. The highest BCUT2D eigenvalue weighted by atomic mass is 32.2. The average molecular weight is 568 g/mol. The van der Waals surface area contributed by atoms with Gasteiger partial charge in [0.15, 0.2) is 0 Å². The third-order valence-electron chi connectivity index (χ3n) is 6.53. The summed E-state index contributed by atoms with van der Waals surface area (Å²) in [6, 6.07) is 23.7. The molecule has 41 heavy (non-hydrogen) atoms. The van der Waals surface area contributed by atoms with Crippen molar-refractivity contribution in [2.75, 3.05) is 13.2 Å². The smallest absolute Gasteiger partial charge is 0.418 e. The number of para-hydroxylation sites is 2. The Morgan fingerprint density at radius 3 is 2.00 bits per heavy atom. The lowest BCUT2D eigenvalue weighted by atomic mass is 9.94. The Morgan fingerprint density at radius 2 is 1.37 bits per heavy atom. The van der Waals surface area contributed by atoms with E-state index in [4.69, 9.17) is 9.47 Å². The van der Waals surface area contributed by atoms with Crippen LogP contribution in [0.2, 0.25) is 0 Å². The van der Waals surface area contributed by atoms with Crippen molar-refractivity contribution in [3.05, 3.63) is 102 Å². The minimum atomic E-state index is -4.07. The number of carbonyl (C=O) groups excluding carboxylic acids is 2. The maximum atomic E-state index is 13.7. The number of allylic oxidation sites excluding steroid dienone is 1. The molecule has 2 heterocycles. The Balaban J connectivity index is 1.86. The fraction of sp³-hybridized carbons (Fsp3) is 0.129. The Kier molecular flexibility index (Phi) is 7.46. The number of fused-ring (bicyclic) bond motifs is 2. The van der Waals surface area contributed by atoms with E-state index in [1.54, 1.807) is 80.6 Å². The first-order chi connectivity index (χ1) is 19.8. The Labute approximate surface area is 236 Å². The van der Waals surface area contributed by atoms with Crippen molar-refractivity contribution < 1.29 is 27.5 Å². The van der Waals surface area contributed by atoms with Crippen molar-refractivity contribution in [1.29, 1.82) is 5.26 Å². The van der Waals surface area contributed by atoms with Crippen LogP contribution in [-0.2, 0) is 24.3 Å². The number of hydrogen-bond acceptors (Lipinski definition) is 7. The van der Waals surface area contributed by atoms with E-state index in [2.05, 4.69) is 6.07 Å². The van der Waals surface area contributed by atoms with E-state index in [1.165, 1.54) is 29.1 Å². The summed E-state index contributed by atoms with van der Waals surface area (Å²) < 4.78 is 40.4. The van der Waals surface area contributed by atoms with Crippen LogP contribution in [0.1, 0.15) is 25.0 Å². The summed E-state index contributed by atoms with van der Waals surface area (Å²) in [6.45, 7) is 3.48. The van der Waals surface area contributed by atoms with Crippen LogP contribution in [0.3, 0.4) is 0 Å². The fourth-order valence-electron chi connectivity index (χ4n) is 4.78. The van der Waals surface area contributed by atoms with Crippen molar-refractivity contribution >= 4 is 55.0 Å². The molecule has 0 atom stereocenters. The van der Waals surface area contributed by atoms with E-state index >= 15 is 0 Å². The molecule has 0 radical (unpaired) electrons.